The Morgan fingerprint density at radius 1 is 1.32 bits per heavy atom. The normalized spacial score (nSPS) is 15.5. The Morgan fingerprint density at radius 3 is 2.42 bits per heavy atom. The van der Waals surface area contributed by atoms with E-state index in [2.05, 4.69) is 4.90 Å². The third-order valence-corrected chi connectivity index (χ3v) is 3.84. The number of halogens is 1. The van der Waals surface area contributed by atoms with Crippen LogP contribution in [0.1, 0.15) is 12.5 Å². The zero-order valence-electron chi connectivity index (χ0n) is 10.7. The molecule has 2 rings (SSSR count). The highest BCUT2D eigenvalue weighted by Gasteiger charge is 2.20. The standard InChI is InChI=1S/C13H16ClN3OS/c1-9(18)16-4-6-17(7-5-16)12-3-2-10(13(15)19)8-11(12)14/h2-3,8H,4-7H2,1H3,(H2,15,19). The molecule has 0 unspecified atom stereocenters. The summed E-state index contributed by atoms with van der Waals surface area (Å²) in [5, 5.41) is 0.640. The number of hydrogen-bond donors (Lipinski definition) is 1. The van der Waals surface area contributed by atoms with E-state index in [1.807, 2.05) is 17.0 Å². The molecule has 0 radical (unpaired) electrons. The summed E-state index contributed by atoms with van der Waals surface area (Å²) >= 11 is 11.2. The summed E-state index contributed by atoms with van der Waals surface area (Å²) < 4.78 is 0. The summed E-state index contributed by atoms with van der Waals surface area (Å²) in [6.07, 6.45) is 0. The van der Waals surface area contributed by atoms with Crippen molar-refractivity contribution in [2.75, 3.05) is 31.1 Å². The summed E-state index contributed by atoms with van der Waals surface area (Å²) in [5.41, 5.74) is 7.31. The van der Waals surface area contributed by atoms with Gasteiger partial charge in [-0.05, 0) is 18.2 Å². The van der Waals surface area contributed by atoms with Crippen molar-refractivity contribution in [2.24, 2.45) is 5.73 Å². The minimum Gasteiger partial charge on any atom is -0.389 e. The highest BCUT2D eigenvalue weighted by atomic mass is 35.5. The third kappa shape index (κ3) is 3.16. The first-order chi connectivity index (χ1) is 8.99. The van der Waals surface area contributed by atoms with Crippen molar-refractivity contribution in [3.8, 4) is 0 Å². The molecule has 1 aliphatic rings. The van der Waals surface area contributed by atoms with Crippen molar-refractivity contribution in [3.63, 3.8) is 0 Å². The van der Waals surface area contributed by atoms with E-state index in [4.69, 9.17) is 29.6 Å². The van der Waals surface area contributed by atoms with Crippen molar-refractivity contribution in [1.29, 1.82) is 0 Å². The number of amides is 1. The number of benzene rings is 1. The summed E-state index contributed by atoms with van der Waals surface area (Å²) in [7, 11) is 0. The van der Waals surface area contributed by atoms with Gasteiger partial charge < -0.3 is 15.5 Å². The number of anilines is 1. The van der Waals surface area contributed by atoms with Gasteiger partial charge in [-0.15, -0.1) is 0 Å². The minimum absolute atomic E-state index is 0.120. The minimum atomic E-state index is 0.120. The van der Waals surface area contributed by atoms with Gasteiger partial charge in [-0.3, -0.25) is 4.79 Å². The number of rotatable bonds is 2. The van der Waals surface area contributed by atoms with Gasteiger partial charge in [0.1, 0.15) is 4.99 Å². The second-order valence-electron chi connectivity index (χ2n) is 4.52. The van der Waals surface area contributed by atoms with Gasteiger partial charge in [-0.25, -0.2) is 0 Å². The van der Waals surface area contributed by atoms with Crippen LogP contribution in [0.15, 0.2) is 18.2 Å². The maximum absolute atomic E-state index is 11.3. The van der Waals surface area contributed by atoms with E-state index < -0.39 is 0 Å². The Morgan fingerprint density at radius 2 is 1.95 bits per heavy atom. The van der Waals surface area contributed by atoms with Gasteiger partial charge in [-0.1, -0.05) is 23.8 Å². The molecule has 2 N–H and O–H groups in total. The van der Waals surface area contributed by atoms with Crippen LogP contribution in [-0.4, -0.2) is 42.0 Å². The fourth-order valence-corrected chi connectivity index (χ4v) is 2.61. The Kier molecular flexibility index (Phi) is 4.27. The Labute approximate surface area is 123 Å². The quantitative estimate of drug-likeness (QED) is 0.843. The first-order valence-corrected chi connectivity index (χ1v) is 6.87. The molecule has 1 aliphatic heterocycles. The van der Waals surface area contributed by atoms with Crippen LogP contribution in [-0.2, 0) is 4.79 Å². The van der Waals surface area contributed by atoms with Gasteiger partial charge in [0.05, 0.1) is 10.7 Å². The Hall–Kier alpha value is -1.33. The molecule has 19 heavy (non-hydrogen) atoms. The molecule has 0 atom stereocenters. The highest BCUT2D eigenvalue weighted by molar-refractivity contribution is 7.80. The smallest absolute Gasteiger partial charge is 0.219 e. The second kappa shape index (κ2) is 5.75. The van der Waals surface area contributed by atoms with Crippen molar-refractivity contribution in [1.82, 2.24) is 4.90 Å². The highest BCUT2D eigenvalue weighted by Crippen LogP contribution is 2.27. The van der Waals surface area contributed by atoms with Crippen LogP contribution >= 0.6 is 23.8 Å². The predicted molar refractivity (Wildman–Crippen MR) is 81.8 cm³/mol. The average Bonchev–Trinajstić information content (AvgIpc) is 2.38. The van der Waals surface area contributed by atoms with Gasteiger partial charge in [0.25, 0.3) is 0 Å². The lowest BCUT2D eigenvalue weighted by molar-refractivity contribution is -0.129. The van der Waals surface area contributed by atoms with E-state index in [0.29, 0.717) is 10.0 Å². The van der Waals surface area contributed by atoms with Crippen molar-refractivity contribution in [2.45, 2.75) is 6.92 Å². The number of carbonyl (C=O) groups is 1. The molecule has 1 amide bonds. The van der Waals surface area contributed by atoms with Crippen molar-refractivity contribution in [3.05, 3.63) is 28.8 Å². The number of thiocarbonyl (C=S) groups is 1. The molecule has 1 heterocycles. The molecule has 4 nitrogen and oxygen atoms in total. The van der Waals surface area contributed by atoms with Gasteiger partial charge in [0.2, 0.25) is 5.91 Å². The second-order valence-corrected chi connectivity index (χ2v) is 5.37. The number of piperazine rings is 1. The molecule has 0 bridgehead atoms. The molecule has 0 saturated carbocycles. The van der Waals surface area contributed by atoms with E-state index in [1.165, 1.54) is 0 Å². The van der Waals surface area contributed by atoms with Crippen LogP contribution in [0.4, 0.5) is 5.69 Å². The van der Waals surface area contributed by atoms with Gasteiger partial charge >= 0.3 is 0 Å². The van der Waals surface area contributed by atoms with E-state index in [9.17, 15) is 4.79 Å². The number of nitrogens with zero attached hydrogens (tertiary/aromatic N) is 2. The van der Waals surface area contributed by atoms with Gasteiger partial charge in [-0.2, -0.15) is 0 Å². The van der Waals surface area contributed by atoms with E-state index in [0.717, 1.165) is 37.4 Å². The molecular weight excluding hydrogens is 282 g/mol. The van der Waals surface area contributed by atoms with Crippen LogP contribution in [0, 0.1) is 0 Å². The van der Waals surface area contributed by atoms with Crippen LogP contribution < -0.4 is 10.6 Å². The summed E-state index contributed by atoms with van der Waals surface area (Å²) in [6, 6.07) is 5.59. The first-order valence-electron chi connectivity index (χ1n) is 6.09. The van der Waals surface area contributed by atoms with Crippen LogP contribution in [0.5, 0.6) is 0 Å². The number of hydrogen-bond acceptors (Lipinski definition) is 3. The maximum atomic E-state index is 11.3. The van der Waals surface area contributed by atoms with E-state index in [-0.39, 0.29) is 5.91 Å². The average molecular weight is 298 g/mol. The maximum Gasteiger partial charge on any atom is 0.219 e. The Balaban J connectivity index is 2.11. The summed E-state index contributed by atoms with van der Waals surface area (Å²) in [4.78, 5) is 15.6. The lowest BCUT2D eigenvalue weighted by atomic mass is 10.1. The van der Waals surface area contributed by atoms with Gasteiger partial charge in [0.15, 0.2) is 0 Å². The SMILES string of the molecule is CC(=O)N1CCN(c2ccc(C(N)=S)cc2Cl)CC1. The van der Waals surface area contributed by atoms with E-state index in [1.54, 1.807) is 13.0 Å². The molecule has 1 saturated heterocycles. The third-order valence-electron chi connectivity index (χ3n) is 3.30. The van der Waals surface area contributed by atoms with Crippen LogP contribution in [0.2, 0.25) is 5.02 Å². The lowest BCUT2D eigenvalue weighted by Gasteiger charge is -2.36. The van der Waals surface area contributed by atoms with Crippen LogP contribution in [0.25, 0.3) is 0 Å². The first kappa shape index (κ1) is 14.1. The lowest BCUT2D eigenvalue weighted by Crippen LogP contribution is -2.48. The molecular formula is C13H16ClN3OS. The van der Waals surface area contributed by atoms with Crippen LogP contribution in [0.3, 0.4) is 0 Å². The topological polar surface area (TPSA) is 49.6 Å². The molecule has 1 aromatic rings. The molecule has 6 heteroatoms. The zero-order valence-corrected chi connectivity index (χ0v) is 12.3. The van der Waals surface area contributed by atoms with Crippen molar-refractivity contribution < 1.29 is 4.79 Å². The number of carbonyl (C=O) groups excluding carboxylic acids is 1. The number of nitrogens with two attached hydrogens (primary N) is 1. The Bertz CT molecular complexity index is 513. The molecule has 102 valence electrons. The monoisotopic (exact) mass is 297 g/mol. The van der Waals surface area contributed by atoms with Crippen molar-refractivity contribution >= 4 is 40.4 Å². The zero-order chi connectivity index (χ0) is 14.0. The molecule has 0 spiro atoms. The van der Waals surface area contributed by atoms with Gasteiger partial charge in [0, 0.05) is 38.7 Å². The molecule has 0 aliphatic carbocycles. The molecule has 1 aromatic carbocycles. The fourth-order valence-electron chi connectivity index (χ4n) is 2.18. The molecule has 0 aromatic heterocycles. The predicted octanol–water partition coefficient (Wildman–Crippen LogP) is 1.64. The fraction of sp³-hybridized carbons (Fsp3) is 0.385. The summed E-state index contributed by atoms with van der Waals surface area (Å²) in [6.45, 7) is 4.61. The molecule has 1 fully saturated rings. The largest absolute Gasteiger partial charge is 0.389 e. The van der Waals surface area contributed by atoms with E-state index >= 15 is 0 Å². The summed E-state index contributed by atoms with van der Waals surface area (Å²) in [5.74, 6) is 0.120.